The standard InChI is InChI=1S/C10H15N3/c1-4-11-7-8-3-6-13-10(9(1)8)2-5-12-13/h2,5,8-9,11H,1,3-4,6-7H2. The van der Waals surface area contributed by atoms with Gasteiger partial charge in [-0.3, -0.25) is 4.68 Å². The molecule has 3 nitrogen and oxygen atoms in total. The van der Waals surface area contributed by atoms with Gasteiger partial charge >= 0.3 is 0 Å². The van der Waals surface area contributed by atoms with Crippen molar-refractivity contribution in [2.45, 2.75) is 25.3 Å². The van der Waals surface area contributed by atoms with E-state index in [0.29, 0.717) is 0 Å². The molecule has 0 spiro atoms. The first-order chi connectivity index (χ1) is 6.45. The maximum Gasteiger partial charge on any atom is 0.0492 e. The highest BCUT2D eigenvalue weighted by Gasteiger charge is 2.31. The largest absolute Gasteiger partial charge is 0.316 e. The molecule has 1 aromatic heterocycles. The highest BCUT2D eigenvalue weighted by atomic mass is 15.3. The number of aromatic nitrogens is 2. The van der Waals surface area contributed by atoms with E-state index >= 15 is 0 Å². The molecule has 2 unspecified atom stereocenters. The van der Waals surface area contributed by atoms with Crippen LogP contribution in [0.15, 0.2) is 12.3 Å². The first kappa shape index (κ1) is 7.56. The molecule has 0 bridgehead atoms. The van der Waals surface area contributed by atoms with E-state index in [2.05, 4.69) is 21.2 Å². The fourth-order valence-electron chi connectivity index (χ4n) is 2.75. The van der Waals surface area contributed by atoms with Gasteiger partial charge in [-0.1, -0.05) is 0 Å². The number of nitrogens with zero attached hydrogens (tertiary/aromatic N) is 2. The second-order valence-electron chi connectivity index (χ2n) is 4.13. The molecular weight excluding hydrogens is 162 g/mol. The molecule has 0 amide bonds. The summed E-state index contributed by atoms with van der Waals surface area (Å²) in [6.45, 7) is 3.49. The maximum absolute atomic E-state index is 4.34. The number of hydrogen-bond donors (Lipinski definition) is 1. The van der Waals surface area contributed by atoms with Gasteiger partial charge in [0.2, 0.25) is 0 Å². The Morgan fingerprint density at radius 1 is 1.46 bits per heavy atom. The number of piperidine rings is 1. The highest BCUT2D eigenvalue weighted by Crippen LogP contribution is 2.35. The molecule has 1 aromatic rings. The van der Waals surface area contributed by atoms with Crippen molar-refractivity contribution in [3.63, 3.8) is 0 Å². The predicted octanol–water partition coefficient (Wildman–Crippen LogP) is 0.980. The van der Waals surface area contributed by atoms with Crippen LogP contribution in [0, 0.1) is 5.92 Å². The zero-order valence-electron chi connectivity index (χ0n) is 7.74. The van der Waals surface area contributed by atoms with Gasteiger partial charge in [-0.2, -0.15) is 5.10 Å². The second-order valence-corrected chi connectivity index (χ2v) is 4.13. The van der Waals surface area contributed by atoms with Crippen LogP contribution in [0.25, 0.3) is 0 Å². The van der Waals surface area contributed by atoms with Crippen molar-refractivity contribution in [3.8, 4) is 0 Å². The molecule has 0 saturated carbocycles. The average Bonchev–Trinajstić information content (AvgIpc) is 2.65. The first-order valence-electron chi connectivity index (χ1n) is 5.17. The minimum absolute atomic E-state index is 0.775. The van der Waals surface area contributed by atoms with Gasteiger partial charge in [-0.15, -0.1) is 0 Å². The minimum atomic E-state index is 0.775. The lowest BCUT2D eigenvalue weighted by Gasteiger charge is -2.36. The quantitative estimate of drug-likeness (QED) is 0.640. The molecule has 0 aromatic carbocycles. The summed E-state index contributed by atoms with van der Waals surface area (Å²) in [6.07, 6.45) is 4.53. The van der Waals surface area contributed by atoms with E-state index in [4.69, 9.17) is 0 Å². The van der Waals surface area contributed by atoms with Crippen molar-refractivity contribution in [3.05, 3.63) is 18.0 Å². The van der Waals surface area contributed by atoms with Crippen LogP contribution in [-0.2, 0) is 6.54 Å². The molecule has 3 heteroatoms. The van der Waals surface area contributed by atoms with E-state index in [-0.39, 0.29) is 0 Å². The third-order valence-corrected chi connectivity index (χ3v) is 3.45. The lowest BCUT2D eigenvalue weighted by atomic mass is 9.80. The zero-order chi connectivity index (χ0) is 8.67. The molecule has 13 heavy (non-hydrogen) atoms. The Hall–Kier alpha value is -0.830. The van der Waals surface area contributed by atoms with Gasteiger partial charge < -0.3 is 5.32 Å². The Labute approximate surface area is 78.1 Å². The highest BCUT2D eigenvalue weighted by molar-refractivity contribution is 5.13. The Morgan fingerprint density at radius 2 is 2.46 bits per heavy atom. The summed E-state index contributed by atoms with van der Waals surface area (Å²) in [5, 5.41) is 7.82. The van der Waals surface area contributed by atoms with Crippen LogP contribution in [0.1, 0.15) is 24.5 Å². The monoisotopic (exact) mass is 177 g/mol. The molecule has 2 aliphatic rings. The summed E-state index contributed by atoms with van der Waals surface area (Å²) in [6, 6.07) is 2.20. The van der Waals surface area contributed by atoms with E-state index in [1.54, 1.807) is 0 Å². The molecule has 1 fully saturated rings. The summed E-state index contributed by atoms with van der Waals surface area (Å²) in [7, 11) is 0. The molecule has 0 aliphatic carbocycles. The molecule has 1 N–H and O–H groups in total. The molecule has 3 rings (SSSR count). The van der Waals surface area contributed by atoms with Crippen molar-refractivity contribution < 1.29 is 0 Å². The van der Waals surface area contributed by atoms with E-state index in [9.17, 15) is 0 Å². The summed E-state index contributed by atoms with van der Waals surface area (Å²) < 4.78 is 2.19. The molecule has 1 saturated heterocycles. The second kappa shape index (κ2) is 2.84. The van der Waals surface area contributed by atoms with Crippen molar-refractivity contribution in [2.24, 2.45) is 5.92 Å². The predicted molar refractivity (Wildman–Crippen MR) is 50.6 cm³/mol. The Balaban J connectivity index is 1.97. The van der Waals surface area contributed by atoms with E-state index in [1.807, 2.05) is 6.20 Å². The van der Waals surface area contributed by atoms with Crippen molar-refractivity contribution in [1.29, 1.82) is 0 Å². The van der Waals surface area contributed by atoms with Crippen LogP contribution in [0.4, 0.5) is 0 Å². The third kappa shape index (κ3) is 1.10. The lowest BCUT2D eigenvalue weighted by molar-refractivity contribution is 0.248. The molecular formula is C10H15N3. The number of aryl methyl sites for hydroxylation is 1. The smallest absolute Gasteiger partial charge is 0.0492 e. The maximum atomic E-state index is 4.34. The third-order valence-electron chi connectivity index (χ3n) is 3.45. The molecule has 2 atom stereocenters. The SMILES string of the molecule is c1cc2n(n1)CCC1CNCCC21. The molecule has 70 valence electrons. The van der Waals surface area contributed by atoms with Crippen LogP contribution in [0.3, 0.4) is 0 Å². The summed E-state index contributed by atoms with van der Waals surface area (Å²) in [5.74, 6) is 1.63. The summed E-state index contributed by atoms with van der Waals surface area (Å²) >= 11 is 0. The summed E-state index contributed by atoms with van der Waals surface area (Å²) in [5.41, 5.74) is 1.47. The van der Waals surface area contributed by atoms with E-state index < -0.39 is 0 Å². The van der Waals surface area contributed by atoms with Crippen LogP contribution >= 0.6 is 0 Å². The first-order valence-corrected chi connectivity index (χ1v) is 5.17. The fraction of sp³-hybridized carbons (Fsp3) is 0.700. The van der Waals surface area contributed by atoms with Crippen molar-refractivity contribution >= 4 is 0 Å². The van der Waals surface area contributed by atoms with Crippen LogP contribution < -0.4 is 5.32 Å². The van der Waals surface area contributed by atoms with Crippen molar-refractivity contribution in [1.82, 2.24) is 15.1 Å². The van der Waals surface area contributed by atoms with Gasteiger partial charge in [0.25, 0.3) is 0 Å². The number of fused-ring (bicyclic) bond motifs is 3. The Morgan fingerprint density at radius 3 is 3.46 bits per heavy atom. The van der Waals surface area contributed by atoms with E-state index in [1.165, 1.54) is 31.6 Å². The number of rotatable bonds is 0. The normalized spacial score (nSPS) is 32.3. The fourth-order valence-corrected chi connectivity index (χ4v) is 2.75. The summed E-state index contributed by atoms with van der Waals surface area (Å²) in [4.78, 5) is 0. The van der Waals surface area contributed by atoms with Crippen LogP contribution in [-0.4, -0.2) is 22.9 Å². The molecule has 3 heterocycles. The number of hydrogen-bond acceptors (Lipinski definition) is 2. The van der Waals surface area contributed by atoms with Crippen molar-refractivity contribution in [2.75, 3.05) is 13.1 Å². The van der Waals surface area contributed by atoms with Crippen LogP contribution in [0.2, 0.25) is 0 Å². The topological polar surface area (TPSA) is 29.9 Å². The van der Waals surface area contributed by atoms with Crippen LogP contribution in [0.5, 0.6) is 0 Å². The van der Waals surface area contributed by atoms with Gasteiger partial charge in [0.15, 0.2) is 0 Å². The van der Waals surface area contributed by atoms with Gasteiger partial charge in [0.05, 0.1) is 0 Å². The van der Waals surface area contributed by atoms with Gasteiger partial charge in [0, 0.05) is 24.4 Å². The molecule has 2 aliphatic heterocycles. The van der Waals surface area contributed by atoms with Gasteiger partial charge in [-0.25, -0.2) is 0 Å². The molecule has 0 radical (unpaired) electrons. The Kier molecular flexibility index (Phi) is 1.65. The van der Waals surface area contributed by atoms with Gasteiger partial charge in [-0.05, 0) is 37.9 Å². The zero-order valence-corrected chi connectivity index (χ0v) is 7.74. The number of nitrogens with one attached hydrogen (secondary N) is 1. The lowest BCUT2D eigenvalue weighted by Crippen LogP contribution is -2.39. The average molecular weight is 177 g/mol. The van der Waals surface area contributed by atoms with Gasteiger partial charge in [0.1, 0.15) is 0 Å². The van der Waals surface area contributed by atoms with E-state index in [0.717, 1.165) is 18.4 Å². The minimum Gasteiger partial charge on any atom is -0.316 e. The Bertz CT molecular complexity index is 305.